The van der Waals surface area contributed by atoms with E-state index in [1.165, 1.54) is 13.3 Å². The van der Waals surface area contributed by atoms with Crippen LogP contribution in [0.4, 0.5) is 10.5 Å². The summed E-state index contributed by atoms with van der Waals surface area (Å²) in [5, 5.41) is 33.7. The van der Waals surface area contributed by atoms with E-state index < -0.39 is 28.9 Å². The first kappa shape index (κ1) is 21.1. The first-order chi connectivity index (χ1) is 13.4. The number of pyridine rings is 1. The lowest BCUT2D eigenvalue weighted by Crippen LogP contribution is -2.29. The fraction of sp³-hybridized carbons (Fsp3) is 0.333. The fourth-order valence-corrected chi connectivity index (χ4v) is 2.38. The highest BCUT2D eigenvalue weighted by Gasteiger charge is 2.24. The Labute approximate surface area is 160 Å². The molecule has 0 fully saturated rings. The molecule has 0 saturated heterocycles. The SMILES string of the molecule is COc1ncc(C(O)C(O)CCNC(=O)OCc2ccccc2)cc1[N+](=O)[O-]. The number of aliphatic hydroxyl groups is 2. The lowest BCUT2D eigenvalue weighted by atomic mass is 10.0. The molecule has 2 atom stereocenters. The maximum Gasteiger partial charge on any atom is 0.407 e. The molecule has 0 saturated carbocycles. The van der Waals surface area contributed by atoms with Crippen LogP contribution in [0.25, 0.3) is 0 Å². The number of benzene rings is 1. The van der Waals surface area contributed by atoms with E-state index >= 15 is 0 Å². The van der Waals surface area contributed by atoms with Crippen LogP contribution in [0.5, 0.6) is 5.88 Å². The smallest absolute Gasteiger partial charge is 0.407 e. The molecule has 2 rings (SSSR count). The Kier molecular flexibility index (Phi) is 7.66. The summed E-state index contributed by atoms with van der Waals surface area (Å²) >= 11 is 0. The van der Waals surface area contributed by atoms with Crippen molar-refractivity contribution in [3.63, 3.8) is 0 Å². The van der Waals surface area contributed by atoms with Gasteiger partial charge in [0.1, 0.15) is 12.7 Å². The average molecular weight is 391 g/mol. The average Bonchev–Trinajstić information content (AvgIpc) is 2.71. The van der Waals surface area contributed by atoms with Gasteiger partial charge in [0.05, 0.1) is 18.1 Å². The zero-order chi connectivity index (χ0) is 20.5. The summed E-state index contributed by atoms with van der Waals surface area (Å²) in [4.78, 5) is 25.7. The number of rotatable bonds is 9. The van der Waals surface area contributed by atoms with E-state index in [1.54, 1.807) is 0 Å². The number of aromatic nitrogens is 1. The summed E-state index contributed by atoms with van der Waals surface area (Å²) < 4.78 is 9.82. The molecule has 10 nitrogen and oxygen atoms in total. The Morgan fingerprint density at radius 3 is 2.68 bits per heavy atom. The monoisotopic (exact) mass is 391 g/mol. The van der Waals surface area contributed by atoms with Crippen LogP contribution in [0.2, 0.25) is 0 Å². The van der Waals surface area contributed by atoms with Crippen molar-refractivity contribution in [3.05, 3.63) is 63.8 Å². The van der Waals surface area contributed by atoms with E-state index in [9.17, 15) is 25.1 Å². The van der Waals surface area contributed by atoms with Gasteiger partial charge in [-0.25, -0.2) is 9.78 Å². The number of carbonyl (C=O) groups is 1. The molecule has 1 aromatic heterocycles. The highest BCUT2D eigenvalue weighted by molar-refractivity contribution is 5.67. The van der Waals surface area contributed by atoms with Crippen molar-refractivity contribution >= 4 is 11.8 Å². The Hall–Kier alpha value is -3.24. The maximum atomic E-state index is 11.7. The Morgan fingerprint density at radius 2 is 2.04 bits per heavy atom. The second-order valence-corrected chi connectivity index (χ2v) is 5.84. The van der Waals surface area contributed by atoms with Crippen LogP contribution in [-0.4, -0.2) is 46.0 Å². The molecule has 0 spiro atoms. The number of nitrogens with zero attached hydrogens (tertiary/aromatic N) is 2. The molecule has 0 aliphatic carbocycles. The number of hydrogen-bond acceptors (Lipinski definition) is 8. The summed E-state index contributed by atoms with van der Waals surface area (Å²) in [6.45, 7) is 0.149. The quantitative estimate of drug-likeness (QED) is 0.433. The molecule has 0 bridgehead atoms. The van der Waals surface area contributed by atoms with Crippen molar-refractivity contribution in [1.29, 1.82) is 0 Å². The van der Waals surface area contributed by atoms with Gasteiger partial charge >= 0.3 is 11.8 Å². The molecule has 2 aromatic rings. The summed E-state index contributed by atoms with van der Waals surface area (Å²) in [6.07, 6.45) is -2.17. The van der Waals surface area contributed by atoms with Gasteiger partial charge in [0.15, 0.2) is 0 Å². The van der Waals surface area contributed by atoms with Crippen molar-refractivity contribution in [1.82, 2.24) is 10.3 Å². The van der Waals surface area contributed by atoms with Crippen molar-refractivity contribution in [2.45, 2.75) is 25.2 Å². The minimum atomic E-state index is -1.42. The molecule has 0 aliphatic rings. The van der Waals surface area contributed by atoms with E-state index in [1.807, 2.05) is 30.3 Å². The normalized spacial score (nSPS) is 12.7. The first-order valence-electron chi connectivity index (χ1n) is 8.41. The van der Waals surface area contributed by atoms with Crippen LogP contribution >= 0.6 is 0 Å². The third-order valence-electron chi connectivity index (χ3n) is 3.87. The molecule has 0 aliphatic heterocycles. The molecule has 10 heteroatoms. The number of methoxy groups -OCH3 is 1. The van der Waals surface area contributed by atoms with Crippen LogP contribution in [0, 0.1) is 10.1 Å². The molecule has 2 unspecified atom stereocenters. The number of alkyl carbamates (subject to hydrolysis) is 1. The van der Waals surface area contributed by atoms with Crippen LogP contribution < -0.4 is 10.1 Å². The molecule has 1 heterocycles. The van der Waals surface area contributed by atoms with E-state index in [4.69, 9.17) is 9.47 Å². The number of nitro groups is 1. The fourth-order valence-electron chi connectivity index (χ4n) is 2.38. The maximum absolute atomic E-state index is 11.7. The minimum absolute atomic E-state index is 0.00142. The third-order valence-corrected chi connectivity index (χ3v) is 3.87. The van der Waals surface area contributed by atoms with Crippen molar-refractivity contribution in [3.8, 4) is 5.88 Å². The zero-order valence-electron chi connectivity index (χ0n) is 15.1. The van der Waals surface area contributed by atoms with E-state index in [2.05, 4.69) is 10.3 Å². The number of nitrogens with one attached hydrogen (secondary N) is 1. The van der Waals surface area contributed by atoms with Gasteiger partial charge < -0.3 is 25.0 Å². The van der Waals surface area contributed by atoms with Crippen molar-refractivity contribution in [2.75, 3.05) is 13.7 Å². The third kappa shape index (κ3) is 5.89. The molecule has 0 radical (unpaired) electrons. The number of ether oxygens (including phenoxy) is 2. The number of amides is 1. The highest BCUT2D eigenvalue weighted by atomic mass is 16.6. The van der Waals surface area contributed by atoms with Gasteiger partial charge in [-0.3, -0.25) is 10.1 Å². The highest BCUT2D eigenvalue weighted by Crippen LogP contribution is 2.28. The minimum Gasteiger partial charge on any atom is -0.476 e. The Morgan fingerprint density at radius 1 is 1.32 bits per heavy atom. The van der Waals surface area contributed by atoms with Crippen LogP contribution in [0.3, 0.4) is 0 Å². The summed E-state index contributed by atoms with van der Waals surface area (Å²) in [5.41, 5.74) is 0.474. The molecular weight excluding hydrogens is 370 g/mol. The van der Waals surface area contributed by atoms with E-state index in [0.29, 0.717) is 0 Å². The van der Waals surface area contributed by atoms with Crippen LogP contribution in [0.15, 0.2) is 42.6 Å². The molecule has 3 N–H and O–H groups in total. The lowest BCUT2D eigenvalue weighted by Gasteiger charge is -2.18. The number of aliphatic hydroxyl groups excluding tert-OH is 2. The topological polar surface area (TPSA) is 144 Å². The van der Waals surface area contributed by atoms with E-state index in [0.717, 1.165) is 11.6 Å². The van der Waals surface area contributed by atoms with Gasteiger partial charge in [-0.15, -0.1) is 0 Å². The van der Waals surface area contributed by atoms with Gasteiger partial charge in [0, 0.05) is 24.4 Å². The molecule has 28 heavy (non-hydrogen) atoms. The summed E-state index contributed by atoms with van der Waals surface area (Å²) in [7, 11) is 1.24. The van der Waals surface area contributed by atoms with E-state index in [-0.39, 0.29) is 31.0 Å². The van der Waals surface area contributed by atoms with Crippen LogP contribution in [0.1, 0.15) is 23.7 Å². The standard InChI is InChI=1S/C18H21N3O7/c1-27-17-14(21(25)26)9-13(10-20-17)16(23)15(22)7-8-19-18(24)28-11-12-5-3-2-4-6-12/h2-6,9-10,15-16,22-23H,7-8,11H2,1H3,(H,19,24). The van der Waals surface area contributed by atoms with Crippen LogP contribution in [-0.2, 0) is 11.3 Å². The van der Waals surface area contributed by atoms with Gasteiger partial charge in [-0.05, 0) is 12.0 Å². The van der Waals surface area contributed by atoms with Crippen molar-refractivity contribution < 1.29 is 29.4 Å². The summed E-state index contributed by atoms with van der Waals surface area (Å²) in [5.74, 6) is -0.196. The summed E-state index contributed by atoms with van der Waals surface area (Å²) in [6, 6.07) is 10.2. The molecule has 150 valence electrons. The Bertz CT molecular complexity index is 801. The van der Waals surface area contributed by atoms with Crippen molar-refractivity contribution in [2.24, 2.45) is 0 Å². The second kappa shape index (κ2) is 10.2. The molecular formula is C18H21N3O7. The second-order valence-electron chi connectivity index (χ2n) is 5.84. The molecule has 1 amide bonds. The molecule has 1 aromatic carbocycles. The zero-order valence-corrected chi connectivity index (χ0v) is 15.1. The Balaban J connectivity index is 1.82. The predicted molar refractivity (Wildman–Crippen MR) is 97.7 cm³/mol. The lowest BCUT2D eigenvalue weighted by molar-refractivity contribution is -0.386. The van der Waals surface area contributed by atoms with Gasteiger partial charge in [-0.2, -0.15) is 0 Å². The van der Waals surface area contributed by atoms with Gasteiger partial charge in [0.25, 0.3) is 5.88 Å². The predicted octanol–water partition coefficient (Wildman–Crippen LogP) is 1.71. The number of carbonyl (C=O) groups excluding carboxylic acids is 1. The largest absolute Gasteiger partial charge is 0.476 e. The number of hydrogen-bond donors (Lipinski definition) is 3. The first-order valence-corrected chi connectivity index (χ1v) is 8.41. The van der Waals surface area contributed by atoms with Gasteiger partial charge in [0.2, 0.25) is 0 Å². The van der Waals surface area contributed by atoms with Gasteiger partial charge in [-0.1, -0.05) is 30.3 Å².